The van der Waals surface area contributed by atoms with Crippen molar-refractivity contribution in [2.75, 3.05) is 0 Å². The molecule has 0 radical (unpaired) electrons. The topological polar surface area (TPSA) is 46.3 Å². The lowest BCUT2D eigenvalue weighted by atomic mass is 10.0. The van der Waals surface area contributed by atoms with Crippen LogP contribution in [0.15, 0.2) is 18.2 Å². The Balaban J connectivity index is 3.02. The maximum Gasteiger partial charge on any atom is 0.240 e. The molecule has 0 aromatic heterocycles. The molecule has 0 saturated heterocycles. The van der Waals surface area contributed by atoms with Crippen molar-refractivity contribution in [1.82, 2.24) is 4.90 Å². The molecule has 0 aliphatic heterocycles. The number of nitrogens with zero attached hydrogens (tertiary/aromatic N) is 1. The molecule has 0 fully saturated rings. The molecule has 20 heavy (non-hydrogen) atoms. The number of nitrogens with two attached hydrogens (primary N) is 1. The van der Waals surface area contributed by atoms with Crippen molar-refractivity contribution in [1.29, 1.82) is 0 Å². The van der Waals surface area contributed by atoms with Crippen molar-refractivity contribution in [3.8, 4) is 0 Å². The van der Waals surface area contributed by atoms with Crippen LogP contribution in [0.1, 0.15) is 33.3 Å². The van der Waals surface area contributed by atoms with Gasteiger partial charge in [-0.05, 0) is 31.9 Å². The average molecular weight is 317 g/mol. The Morgan fingerprint density at radius 2 is 1.70 bits per heavy atom. The lowest BCUT2D eigenvalue weighted by Crippen LogP contribution is -2.48. The molecule has 1 aromatic carbocycles. The Morgan fingerprint density at radius 1 is 1.20 bits per heavy atom. The molecule has 1 rings (SSSR count). The Hall–Kier alpha value is -0.770. The van der Waals surface area contributed by atoms with Crippen molar-refractivity contribution in [2.45, 2.75) is 46.3 Å². The maximum absolute atomic E-state index is 12.5. The molecule has 0 aliphatic carbocycles. The van der Waals surface area contributed by atoms with E-state index in [-0.39, 0.29) is 17.9 Å². The van der Waals surface area contributed by atoms with Crippen LogP contribution in [-0.2, 0) is 11.3 Å². The monoisotopic (exact) mass is 316 g/mol. The van der Waals surface area contributed by atoms with Gasteiger partial charge in [0.1, 0.15) is 0 Å². The number of rotatable bonds is 5. The van der Waals surface area contributed by atoms with Gasteiger partial charge in [0.05, 0.1) is 6.04 Å². The summed E-state index contributed by atoms with van der Waals surface area (Å²) in [6.07, 6.45) is 0. The SMILES string of the molecule is CC(C)C(N)C(=O)N(Cc1c(Cl)cccc1Cl)C(C)C. The van der Waals surface area contributed by atoms with Gasteiger partial charge in [-0.1, -0.05) is 43.1 Å². The van der Waals surface area contributed by atoms with Crippen LogP contribution >= 0.6 is 23.2 Å². The van der Waals surface area contributed by atoms with Gasteiger partial charge in [0.2, 0.25) is 5.91 Å². The van der Waals surface area contributed by atoms with Gasteiger partial charge in [-0.2, -0.15) is 0 Å². The third-order valence-electron chi connectivity index (χ3n) is 3.30. The zero-order valence-corrected chi connectivity index (χ0v) is 13.9. The van der Waals surface area contributed by atoms with Crippen LogP contribution in [0.25, 0.3) is 0 Å². The summed E-state index contributed by atoms with van der Waals surface area (Å²) in [5.41, 5.74) is 6.73. The van der Waals surface area contributed by atoms with Crippen molar-refractivity contribution in [2.24, 2.45) is 11.7 Å². The van der Waals surface area contributed by atoms with Crippen LogP contribution in [0, 0.1) is 5.92 Å². The van der Waals surface area contributed by atoms with E-state index in [0.717, 1.165) is 5.56 Å². The van der Waals surface area contributed by atoms with E-state index in [2.05, 4.69) is 0 Å². The predicted molar refractivity (Wildman–Crippen MR) is 85.0 cm³/mol. The number of amides is 1. The number of carbonyl (C=O) groups excluding carboxylic acids is 1. The fourth-order valence-corrected chi connectivity index (χ4v) is 2.36. The van der Waals surface area contributed by atoms with Crippen LogP contribution in [0.4, 0.5) is 0 Å². The fourth-order valence-electron chi connectivity index (χ4n) is 1.85. The number of halogens is 2. The Morgan fingerprint density at radius 3 is 2.10 bits per heavy atom. The lowest BCUT2D eigenvalue weighted by Gasteiger charge is -2.31. The van der Waals surface area contributed by atoms with E-state index >= 15 is 0 Å². The molecule has 0 aliphatic rings. The van der Waals surface area contributed by atoms with E-state index in [1.165, 1.54) is 0 Å². The average Bonchev–Trinajstić information content (AvgIpc) is 2.36. The maximum atomic E-state index is 12.5. The highest BCUT2D eigenvalue weighted by Gasteiger charge is 2.26. The minimum Gasteiger partial charge on any atom is -0.334 e. The second kappa shape index (κ2) is 7.30. The van der Waals surface area contributed by atoms with Crippen LogP contribution in [-0.4, -0.2) is 22.9 Å². The van der Waals surface area contributed by atoms with E-state index in [1.807, 2.05) is 27.7 Å². The van der Waals surface area contributed by atoms with Crippen molar-refractivity contribution >= 4 is 29.1 Å². The molecule has 0 saturated carbocycles. The first kappa shape index (κ1) is 17.3. The highest BCUT2D eigenvalue weighted by molar-refractivity contribution is 6.36. The van der Waals surface area contributed by atoms with E-state index in [4.69, 9.17) is 28.9 Å². The Labute approximate surface area is 131 Å². The van der Waals surface area contributed by atoms with Gasteiger partial charge in [-0.25, -0.2) is 0 Å². The molecule has 1 unspecified atom stereocenters. The van der Waals surface area contributed by atoms with E-state index in [9.17, 15) is 4.79 Å². The van der Waals surface area contributed by atoms with E-state index in [0.29, 0.717) is 16.6 Å². The first-order chi connectivity index (χ1) is 9.25. The molecule has 0 heterocycles. The van der Waals surface area contributed by atoms with Crippen molar-refractivity contribution in [3.63, 3.8) is 0 Å². The molecule has 5 heteroatoms. The third kappa shape index (κ3) is 4.11. The molecule has 2 N–H and O–H groups in total. The first-order valence-electron chi connectivity index (χ1n) is 6.74. The summed E-state index contributed by atoms with van der Waals surface area (Å²) in [7, 11) is 0. The quantitative estimate of drug-likeness (QED) is 0.900. The Bertz CT molecular complexity index is 455. The van der Waals surface area contributed by atoms with Crippen LogP contribution in [0.3, 0.4) is 0 Å². The second-order valence-corrected chi connectivity index (χ2v) is 6.34. The summed E-state index contributed by atoms with van der Waals surface area (Å²) in [5.74, 6) is 0.0106. The van der Waals surface area contributed by atoms with Crippen molar-refractivity contribution in [3.05, 3.63) is 33.8 Å². The van der Waals surface area contributed by atoms with Gasteiger partial charge >= 0.3 is 0 Å². The van der Waals surface area contributed by atoms with Gasteiger partial charge in [-0.3, -0.25) is 4.79 Å². The van der Waals surface area contributed by atoms with Gasteiger partial charge in [0.25, 0.3) is 0 Å². The normalized spacial score (nSPS) is 12.8. The smallest absolute Gasteiger partial charge is 0.240 e. The zero-order valence-electron chi connectivity index (χ0n) is 12.4. The highest BCUT2D eigenvalue weighted by atomic mass is 35.5. The molecule has 112 valence electrons. The molecule has 1 atom stereocenters. The summed E-state index contributed by atoms with van der Waals surface area (Å²) in [4.78, 5) is 14.2. The summed E-state index contributed by atoms with van der Waals surface area (Å²) < 4.78 is 0. The minimum absolute atomic E-state index is 0.0274. The summed E-state index contributed by atoms with van der Waals surface area (Å²) in [5, 5.41) is 1.13. The molecular formula is C15H22Cl2N2O. The van der Waals surface area contributed by atoms with Crippen molar-refractivity contribution < 1.29 is 4.79 Å². The molecule has 0 bridgehead atoms. The van der Waals surface area contributed by atoms with E-state index < -0.39 is 6.04 Å². The lowest BCUT2D eigenvalue weighted by molar-refractivity contribution is -0.136. The summed E-state index contributed by atoms with van der Waals surface area (Å²) >= 11 is 12.3. The number of carbonyl (C=O) groups is 1. The molecule has 1 amide bonds. The Kier molecular flexibility index (Phi) is 6.31. The van der Waals surface area contributed by atoms with Gasteiger partial charge in [-0.15, -0.1) is 0 Å². The van der Waals surface area contributed by atoms with Crippen LogP contribution < -0.4 is 5.73 Å². The van der Waals surface area contributed by atoms with Crippen LogP contribution in [0.2, 0.25) is 10.0 Å². The van der Waals surface area contributed by atoms with Crippen LogP contribution in [0.5, 0.6) is 0 Å². The predicted octanol–water partition coefficient (Wildman–Crippen LogP) is 3.71. The largest absolute Gasteiger partial charge is 0.334 e. The third-order valence-corrected chi connectivity index (χ3v) is 4.01. The van der Waals surface area contributed by atoms with Gasteiger partial charge in [0.15, 0.2) is 0 Å². The zero-order chi connectivity index (χ0) is 15.4. The fraction of sp³-hybridized carbons (Fsp3) is 0.533. The molecule has 3 nitrogen and oxygen atoms in total. The number of hydrogen-bond acceptors (Lipinski definition) is 2. The van der Waals surface area contributed by atoms with Gasteiger partial charge in [0, 0.05) is 28.2 Å². The highest BCUT2D eigenvalue weighted by Crippen LogP contribution is 2.26. The number of hydrogen-bond donors (Lipinski definition) is 1. The van der Waals surface area contributed by atoms with E-state index in [1.54, 1.807) is 23.1 Å². The summed E-state index contributed by atoms with van der Waals surface area (Å²) in [6, 6.07) is 4.84. The second-order valence-electron chi connectivity index (χ2n) is 5.53. The molecular weight excluding hydrogens is 295 g/mol. The molecule has 0 spiro atoms. The molecule has 1 aromatic rings. The standard InChI is InChI=1S/C15H22Cl2N2O/c1-9(2)14(18)15(20)19(10(3)4)8-11-12(16)6-5-7-13(11)17/h5-7,9-10,14H,8,18H2,1-4H3. The summed E-state index contributed by atoms with van der Waals surface area (Å²) in [6.45, 7) is 8.15. The van der Waals surface area contributed by atoms with Gasteiger partial charge < -0.3 is 10.6 Å². The minimum atomic E-state index is -0.515. The number of benzene rings is 1. The first-order valence-corrected chi connectivity index (χ1v) is 7.50.